The number of carbonyl (C=O) groups excluding carboxylic acids is 1. The van der Waals surface area contributed by atoms with E-state index in [1.165, 1.54) is 18.4 Å². The first-order valence-corrected chi connectivity index (χ1v) is 6.80. The van der Waals surface area contributed by atoms with E-state index in [4.69, 9.17) is 4.74 Å². The molecule has 2 rings (SSSR count). The number of aryl methyl sites for hydroxylation is 2. The Morgan fingerprint density at radius 1 is 1.32 bits per heavy atom. The molecule has 1 aromatic rings. The van der Waals surface area contributed by atoms with Crippen LogP contribution in [0.2, 0.25) is 0 Å². The Labute approximate surface area is 114 Å². The zero-order chi connectivity index (χ0) is 14.0. The highest BCUT2D eigenvalue weighted by Gasteiger charge is 2.24. The van der Waals surface area contributed by atoms with E-state index >= 15 is 0 Å². The van der Waals surface area contributed by atoms with E-state index in [0.29, 0.717) is 11.6 Å². The molecule has 1 amide bonds. The lowest BCUT2D eigenvalue weighted by Gasteiger charge is -2.21. The summed E-state index contributed by atoms with van der Waals surface area (Å²) in [6, 6.07) is 2.02. The number of hydrogen-bond acceptors (Lipinski definition) is 3. The molecule has 0 aromatic carbocycles. The fourth-order valence-corrected chi connectivity index (χ4v) is 2.17. The van der Waals surface area contributed by atoms with Crippen molar-refractivity contribution in [3.63, 3.8) is 0 Å². The maximum atomic E-state index is 12.1. The molecule has 104 valence electrons. The molecule has 0 fully saturated rings. The Morgan fingerprint density at radius 3 is 2.63 bits per heavy atom. The van der Waals surface area contributed by atoms with Gasteiger partial charge in [-0.2, -0.15) is 0 Å². The van der Waals surface area contributed by atoms with Gasteiger partial charge >= 0.3 is 0 Å². The van der Waals surface area contributed by atoms with Gasteiger partial charge in [-0.1, -0.05) is 20.8 Å². The van der Waals surface area contributed by atoms with Gasteiger partial charge in [-0.05, 0) is 37.3 Å². The van der Waals surface area contributed by atoms with Crippen molar-refractivity contribution in [2.45, 2.75) is 46.5 Å². The number of anilines is 1. The van der Waals surface area contributed by atoms with Gasteiger partial charge in [-0.25, -0.2) is 4.98 Å². The van der Waals surface area contributed by atoms with Crippen molar-refractivity contribution in [3.8, 4) is 5.88 Å². The van der Waals surface area contributed by atoms with Gasteiger partial charge in [0.2, 0.25) is 11.8 Å². The molecule has 1 heterocycles. The second-order valence-electron chi connectivity index (χ2n) is 6.06. The molecule has 0 unspecified atom stereocenters. The average Bonchev–Trinajstić information content (AvgIpc) is 2.36. The first-order valence-electron chi connectivity index (χ1n) is 6.80. The van der Waals surface area contributed by atoms with Crippen molar-refractivity contribution in [3.05, 3.63) is 17.3 Å². The fourth-order valence-electron chi connectivity index (χ4n) is 2.17. The second kappa shape index (κ2) is 5.19. The Morgan fingerprint density at radius 2 is 2.00 bits per heavy atom. The molecular formula is C15H22N2O2. The van der Waals surface area contributed by atoms with E-state index in [0.717, 1.165) is 18.5 Å². The number of fused-ring (bicyclic) bond motifs is 1. The summed E-state index contributed by atoms with van der Waals surface area (Å²) < 4.78 is 5.30. The highest BCUT2D eigenvalue weighted by atomic mass is 16.5. The summed E-state index contributed by atoms with van der Waals surface area (Å²) in [4.78, 5) is 16.6. The standard InChI is InChI=1S/C15H22N2O2/c1-15(2,3)14(18)17-12-9-10-7-5-6-8-11(10)16-13(12)19-4/h9H,5-8H2,1-4H3,(H,17,18). The van der Waals surface area contributed by atoms with Crippen molar-refractivity contribution in [2.75, 3.05) is 12.4 Å². The lowest BCUT2D eigenvalue weighted by atomic mass is 9.94. The number of pyridine rings is 1. The van der Waals surface area contributed by atoms with E-state index in [1.807, 2.05) is 26.8 Å². The molecule has 1 aliphatic rings. The van der Waals surface area contributed by atoms with Crippen LogP contribution in [0.1, 0.15) is 44.9 Å². The predicted molar refractivity (Wildman–Crippen MR) is 75.5 cm³/mol. The maximum absolute atomic E-state index is 12.1. The number of nitrogens with zero attached hydrogens (tertiary/aromatic N) is 1. The number of ether oxygens (including phenoxy) is 1. The van der Waals surface area contributed by atoms with Gasteiger partial charge in [0.15, 0.2) is 0 Å². The van der Waals surface area contributed by atoms with Crippen LogP contribution in [0, 0.1) is 5.41 Å². The molecule has 0 bridgehead atoms. The van der Waals surface area contributed by atoms with Crippen LogP contribution in [0.25, 0.3) is 0 Å². The average molecular weight is 262 g/mol. The Hall–Kier alpha value is -1.58. The summed E-state index contributed by atoms with van der Waals surface area (Å²) in [7, 11) is 1.59. The Kier molecular flexibility index (Phi) is 3.78. The van der Waals surface area contributed by atoms with E-state index in [1.54, 1.807) is 7.11 Å². The molecule has 0 atom stereocenters. The summed E-state index contributed by atoms with van der Waals surface area (Å²) in [5, 5.41) is 2.93. The van der Waals surface area contributed by atoms with E-state index in [9.17, 15) is 4.79 Å². The van der Waals surface area contributed by atoms with Crippen LogP contribution in [0.3, 0.4) is 0 Å². The number of aromatic nitrogens is 1. The monoisotopic (exact) mass is 262 g/mol. The minimum atomic E-state index is -0.430. The Balaban J connectivity index is 2.31. The van der Waals surface area contributed by atoms with Crippen molar-refractivity contribution in [2.24, 2.45) is 5.41 Å². The van der Waals surface area contributed by atoms with Gasteiger partial charge in [0.25, 0.3) is 0 Å². The number of nitrogens with one attached hydrogen (secondary N) is 1. The maximum Gasteiger partial charge on any atom is 0.237 e. The molecular weight excluding hydrogens is 240 g/mol. The van der Waals surface area contributed by atoms with Crippen molar-refractivity contribution >= 4 is 11.6 Å². The SMILES string of the molecule is COc1nc2c(cc1NC(=O)C(C)(C)C)CCCC2. The topological polar surface area (TPSA) is 51.2 Å². The quantitative estimate of drug-likeness (QED) is 0.891. The summed E-state index contributed by atoms with van der Waals surface area (Å²) in [5.74, 6) is 0.488. The molecule has 0 spiro atoms. The van der Waals surface area contributed by atoms with Crippen LogP contribution >= 0.6 is 0 Å². The zero-order valence-corrected chi connectivity index (χ0v) is 12.2. The fraction of sp³-hybridized carbons (Fsp3) is 0.600. The molecule has 1 aromatic heterocycles. The predicted octanol–water partition coefficient (Wildman–Crippen LogP) is 2.95. The second-order valence-corrected chi connectivity index (χ2v) is 6.06. The van der Waals surface area contributed by atoms with Crippen LogP contribution in [-0.4, -0.2) is 18.0 Å². The minimum Gasteiger partial charge on any atom is -0.480 e. The smallest absolute Gasteiger partial charge is 0.237 e. The molecule has 4 nitrogen and oxygen atoms in total. The first-order chi connectivity index (χ1) is 8.91. The van der Waals surface area contributed by atoms with Crippen LogP contribution in [0.5, 0.6) is 5.88 Å². The Bertz CT molecular complexity index is 490. The van der Waals surface area contributed by atoms with E-state index < -0.39 is 5.41 Å². The third kappa shape index (κ3) is 3.06. The summed E-state index contributed by atoms with van der Waals surface area (Å²) in [6.45, 7) is 5.67. The van der Waals surface area contributed by atoms with Crippen LogP contribution in [0.15, 0.2) is 6.07 Å². The molecule has 0 saturated carbocycles. The van der Waals surface area contributed by atoms with Gasteiger partial charge in [0.05, 0.1) is 7.11 Å². The lowest BCUT2D eigenvalue weighted by molar-refractivity contribution is -0.123. The summed E-state index contributed by atoms with van der Waals surface area (Å²) in [5.41, 5.74) is 2.59. The lowest BCUT2D eigenvalue weighted by Crippen LogP contribution is -2.28. The van der Waals surface area contributed by atoms with Gasteiger partial charge in [0.1, 0.15) is 5.69 Å². The van der Waals surface area contributed by atoms with Crippen molar-refractivity contribution in [1.82, 2.24) is 4.98 Å². The number of carbonyl (C=O) groups is 1. The van der Waals surface area contributed by atoms with E-state index in [2.05, 4.69) is 10.3 Å². The summed E-state index contributed by atoms with van der Waals surface area (Å²) in [6.07, 6.45) is 4.40. The van der Waals surface area contributed by atoms with Gasteiger partial charge in [-0.3, -0.25) is 4.79 Å². The van der Waals surface area contributed by atoms with Gasteiger partial charge < -0.3 is 10.1 Å². The number of rotatable bonds is 2. The summed E-state index contributed by atoms with van der Waals surface area (Å²) >= 11 is 0. The third-order valence-corrected chi connectivity index (χ3v) is 3.39. The van der Waals surface area contributed by atoms with Crippen molar-refractivity contribution < 1.29 is 9.53 Å². The van der Waals surface area contributed by atoms with Gasteiger partial charge in [0, 0.05) is 11.1 Å². The third-order valence-electron chi connectivity index (χ3n) is 3.39. The molecule has 1 N–H and O–H groups in total. The van der Waals surface area contributed by atoms with Crippen molar-refractivity contribution in [1.29, 1.82) is 0 Å². The molecule has 4 heteroatoms. The van der Waals surface area contributed by atoms with Crippen LogP contribution < -0.4 is 10.1 Å². The normalized spacial score (nSPS) is 14.7. The first kappa shape index (κ1) is 13.8. The largest absolute Gasteiger partial charge is 0.480 e. The van der Waals surface area contributed by atoms with Crippen LogP contribution in [0.4, 0.5) is 5.69 Å². The number of hydrogen-bond donors (Lipinski definition) is 1. The molecule has 0 radical (unpaired) electrons. The van der Waals surface area contributed by atoms with E-state index in [-0.39, 0.29) is 5.91 Å². The zero-order valence-electron chi connectivity index (χ0n) is 12.2. The molecule has 0 saturated heterocycles. The molecule has 1 aliphatic carbocycles. The van der Waals surface area contributed by atoms with Gasteiger partial charge in [-0.15, -0.1) is 0 Å². The van der Waals surface area contributed by atoms with Crippen LogP contribution in [-0.2, 0) is 17.6 Å². The molecule has 19 heavy (non-hydrogen) atoms. The minimum absolute atomic E-state index is 0.0247. The highest BCUT2D eigenvalue weighted by molar-refractivity contribution is 5.95. The molecule has 0 aliphatic heterocycles. The number of amides is 1. The highest BCUT2D eigenvalue weighted by Crippen LogP contribution is 2.30. The number of methoxy groups -OCH3 is 1.